The molecule has 0 atom stereocenters. The first-order chi connectivity index (χ1) is 5.33. The van der Waals surface area contributed by atoms with Crippen LogP contribution in [0.15, 0.2) is 20.5 Å². The highest BCUT2D eigenvalue weighted by atomic mass is 15.3. The summed E-state index contributed by atoms with van der Waals surface area (Å²) in [4.78, 5) is 0. The second kappa shape index (κ2) is 3.55. The molecule has 1 aliphatic rings. The van der Waals surface area contributed by atoms with Gasteiger partial charge >= 0.3 is 0 Å². The van der Waals surface area contributed by atoms with Crippen molar-refractivity contribution in [3.63, 3.8) is 0 Å². The Balaban J connectivity index is 2.69. The molecule has 0 unspecified atom stereocenters. The van der Waals surface area contributed by atoms with Crippen molar-refractivity contribution in [2.45, 2.75) is 31.3 Å². The number of nitrogens with zero attached hydrogens (tertiary/aromatic N) is 4. The van der Waals surface area contributed by atoms with Crippen molar-refractivity contribution in [2.75, 3.05) is 14.1 Å². The fourth-order valence-electron chi connectivity index (χ4n) is 1.53. The van der Waals surface area contributed by atoms with Gasteiger partial charge in [0.25, 0.3) is 0 Å². The van der Waals surface area contributed by atoms with E-state index in [1.165, 1.54) is 12.8 Å². The molecule has 4 heteroatoms. The van der Waals surface area contributed by atoms with E-state index in [4.69, 9.17) is 0 Å². The molecule has 0 aromatic rings. The molecule has 0 amide bonds. The lowest BCUT2D eigenvalue weighted by Crippen LogP contribution is -2.16. The summed E-state index contributed by atoms with van der Waals surface area (Å²) in [5.41, 5.74) is -0.288. The predicted octanol–water partition coefficient (Wildman–Crippen LogP) is 2.42. The molecule has 4 nitrogen and oxygen atoms in total. The van der Waals surface area contributed by atoms with Gasteiger partial charge in [0, 0.05) is 14.1 Å². The first kappa shape index (κ1) is 8.30. The van der Waals surface area contributed by atoms with Crippen molar-refractivity contribution in [2.24, 2.45) is 20.5 Å². The molecule has 0 aromatic heterocycles. The van der Waals surface area contributed by atoms with Crippen LogP contribution in [-0.2, 0) is 0 Å². The monoisotopic (exact) mass is 154 g/mol. The van der Waals surface area contributed by atoms with Crippen molar-refractivity contribution < 1.29 is 0 Å². The predicted molar refractivity (Wildman–Crippen MR) is 42.8 cm³/mol. The van der Waals surface area contributed by atoms with E-state index in [-0.39, 0.29) is 5.66 Å². The minimum atomic E-state index is -0.288. The maximum atomic E-state index is 4.11. The first-order valence-corrected chi connectivity index (χ1v) is 3.95. The topological polar surface area (TPSA) is 49.4 Å². The molecule has 0 radical (unpaired) electrons. The van der Waals surface area contributed by atoms with Crippen LogP contribution in [0.2, 0.25) is 0 Å². The Labute approximate surface area is 66.8 Å². The Morgan fingerprint density at radius 1 is 0.909 bits per heavy atom. The van der Waals surface area contributed by atoms with Crippen LogP contribution in [0.4, 0.5) is 0 Å². The van der Waals surface area contributed by atoms with Gasteiger partial charge in [0.05, 0.1) is 0 Å². The van der Waals surface area contributed by atoms with Crippen molar-refractivity contribution in [3.05, 3.63) is 0 Å². The van der Waals surface area contributed by atoms with Gasteiger partial charge in [-0.2, -0.15) is 20.5 Å². The quantitative estimate of drug-likeness (QED) is 0.548. The van der Waals surface area contributed by atoms with Crippen LogP contribution in [-0.4, -0.2) is 19.8 Å². The Hall–Kier alpha value is -0.800. The Kier molecular flexibility index (Phi) is 2.68. The van der Waals surface area contributed by atoms with E-state index in [1.807, 2.05) is 0 Å². The third kappa shape index (κ3) is 1.82. The summed E-state index contributed by atoms with van der Waals surface area (Å²) in [6, 6.07) is 0. The largest absolute Gasteiger partial charge is 0.195 e. The number of hydrogen-bond donors (Lipinski definition) is 0. The highest BCUT2D eigenvalue weighted by Gasteiger charge is 2.33. The van der Waals surface area contributed by atoms with E-state index >= 15 is 0 Å². The van der Waals surface area contributed by atoms with Gasteiger partial charge in [0.15, 0.2) is 5.66 Å². The van der Waals surface area contributed by atoms with Gasteiger partial charge in [-0.3, -0.25) is 0 Å². The molecule has 0 spiro atoms. The Morgan fingerprint density at radius 2 is 1.36 bits per heavy atom. The fourth-order valence-corrected chi connectivity index (χ4v) is 1.53. The molecule has 0 saturated heterocycles. The average Bonchev–Trinajstić information content (AvgIpc) is 2.39. The minimum Gasteiger partial charge on any atom is -0.195 e. The smallest absolute Gasteiger partial charge is 0.190 e. The lowest BCUT2D eigenvalue weighted by molar-refractivity contribution is 0.418. The highest BCUT2D eigenvalue weighted by Crippen LogP contribution is 2.34. The van der Waals surface area contributed by atoms with Crippen LogP contribution in [0.1, 0.15) is 25.7 Å². The summed E-state index contributed by atoms with van der Waals surface area (Å²) in [7, 11) is 3.37. The maximum Gasteiger partial charge on any atom is 0.190 e. The molecule has 0 N–H and O–H groups in total. The van der Waals surface area contributed by atoms with Gasteiger partial charge in [0.1, 0.15) is 0 Å². The summed E-state index contributed by atoms with van der Waals surface area (Å²) in [6.45, 7) is 0. The Bertz CT molecular complexity index is 153. The zero-order valence-electron chi connectivity index (χ0n) is 7.12. The molecule has 1 aliphatic carbocycles. The van der Waals surface area contributed by atoms with Gasteiger partial charge in [0.2, 0.25) is 0 Å². The van der Waals surface area contributed by atoms with E-state index in [0.717, 1.165) is 12.8 Å². The molecule has 0 aliphatic heterocycles. The van der Waals surface area contributed by atoms with E-state index in [0.29, 0.717) is 0 Å². The summed E-state index contributed by atoms with van der Waals surface area (Å²) >= 11 is 0. The van der Waals surface area contributed by atoms with Gasteiger partial charge < -0.3 is 0 Å². The molecule has 62 valence electrons. The molecule has 0 heterocycles. The van der Waals surface area contributed by atoms with Crippen LogP contribution >= 0.6 is 0 Å². The molecule has 0 aromatic carbocycles. The van der Waals surface area contributed by atoms with Crippen molar-refractivity contribution in [1.29, 1.82) is 0 Å². The van der Waals surface area contributed by atoms with Crippen molar-refractivity contribution >= 4 is 0 Å². The molecular formula is C7H14N4. The summed E-state index contributed by atoms with van der Waals surface area (Å²) in [6.07, 6.45) is 4.39. The van der Waals surface area contributed by atoms with E-state index < -0.39 is 0 Å². The second-order valence-electron chi connectivity index (χ2n) is 2.79. The summed E-state index contributed by atoms with van der Waals surface area (Å²) < 4.78 is 0. The van der Waals surface area contributed by atoms with Gasteiger partial charge in [-0.25, -0.2) is 0 Å². The SMILES string of the molecule is CN=NC1(N=NC)CCCC1. The lowest BCUT2D eigenvalue weighted by atomic mass is 10.2. The highest BCUT2D eigenvalue weighted by molar-refractivity contribution is 4.87. The summed E-state index contributed by atoms with van der Waals surface area (Å²) in [5.74, 6) is 0. The minimum absolute atomic E-state index is 0.288. The molecule has 1 fully saturated rings. The molecule has 1 rings (SSSR count). The van der Waals surface area contributed by atoms with E-state index in [9.17, 15) is 0 Å². The fraction of sp³-hybridized carbons (Fsp3) is 1.00. The zero-order valence-corrected chi connectivity index (χ0v) is 7.12. The van der Waals surface area contributed by atoms with Gasteiger partial charge in [-0.15, -0.1) is 0 Å². The molecule has 0 bridgehead atoms. The van der Waals surface area contributed by atoms with Crippen molar-refractivity contribution in [1.82, 2.24) is 0 Å². The van der Waals surface area contributed by atoms with Crippen LogP contribution in [0.25, 0.3) is 0 Å². The van der Waals surface area contributed by atoms with Crippen molar-refractivity contribution in [3.8, 4) is 0 Å². The van der Waals surface area contributed by atoms with Crippen LogP contribution in [0, 0.1) is 0 Å². The molecular weight excluding hydrogens is 140 g/mol. The average molecular weight is 154 g/mol. The third-order valence-corrected chi connectivity index (χ3v) is 1.98. The standard InChI is InChI=1S/C7H14N4/c1-8-10-7(11-9-2)5-3-4-6-7/h3-6H2,1-2H3. The van der Waals surface area contributed by atoms with Gasteiger partial charge in [-0.1, -0.05) is 0 Å². The van der Waals surface area contributed by atoms with Crippen LogP contribution in [0.3, 0.4) is 0 Å². The summed E-state index contributed by atoms with van der Waals surface area (Å²) in [5, 5.41) is 15.8. The Morgan fingerprint density at radius 3 is 1.73 bits per heavy atom. The zero-order chi connectivity index (χ0) is 8.16. The number of rotatable bonds is 2. The lowest BCUT2D eigenvalue weighted by Gasteiger charge is -2.14. The third-order valence-electron chi connectivity index (χ3n) is 1.98. The van der Waals surface area contributed by atoms with Crippen LogP contribution in [0.5, 0.6) is 0 Å². The van der Waals surface area contributed by atoms with E-state index in [2.05, 4.69) is 20.5 Å². The second-order valence-corrected chi connectivity index (χ2v) is 2.79. The normalized spacial score (nSPS) is 23.8. The van der Waals surface area contributed by atoms with Gasteiger partial charge in [-0.05, 0) is 25.7 Å². The number of azo groups is 2. The number of hydrogen-bond acceptors (Lipinski definition) is 4. The molecule has 1 saturated carbocycles. The van der Waals surface area contributed by atoms with Crippen LogP contribution < -0.4 is 0 Å². The van der Waals surface area contributed by atoms with E-state index in [1.54, 1.807) is 14.1 Å². The molecule has 11 heavy (non-hydrogen) atoms. The first-order valence-electron chi connectivity index (χ1n) is 3.95. The maximum absolute atomic E-state index is 4.11.